The van der Waals surface area contributed by atoms with Gasteiger partial charge in [0.25, 0.3) is 5.91 Å². The van der Waals surface area contributed by atoms with Gasteiger partial charge in [0.15, 0.2) is 0 Å². The summed E-state index contributed by atoms with van der Waals surface area (Å²) in [6.45, 7) is 5.71. The maximum Gasteiger partial charge on any atom is 0.277 e. The number of carbonyl (C=O) groups is 2. The van der Waals surface area contributed by atoms with Crippen LogP contribution in [0.25, 0.3) is 11.1 Å². The van der Waals surface area contributed by atoms with E-state index in [0.717, 1.165) is 11.1 Å². The number of anilines is 1. The molecular formula is C27H27N5O2. The number of nitrogens with one attached hydrogen (secondary N) is 2. The van der Waals surface area contributed by atoms with Crippen molar-refractivity contribution in [3.05, 3.63) is 103 Å². The summed E-state index contributed by atoms with van der Waals surface area (Å²) in [6.07, 6.45) is 6.14. The molecule has 2 N–H and O–H groups in total. The van der Waals surface area contributed by atoms with Crippen molar-refractivity contribution in [3.63, 3.8) is 0 Å². The van der Waals surface area contributed by atoms with Gasteiger partial charge >= 0.3 is 0 Å². The van der Waals surface area contributed by atoms with Crippen molar-refractivity contribution in [2.45, 2.75) is 32.4 Å². The van der Waals surface area contributed by atoms with Crippen LogP contribution in [0.3, 0.4) is 0 Å². The third-order valence-corrected chi connectivity index (χ3v) is 5.20. The van der Waals surface area contributed by atoms with Crippen molar-refractivity contribution in [1.29, 1.82) is 0 Å². The molecular weight excluding hydrogens is 426 g/mol. The van der Waals surface area contributed by atoms with E-state index >= 15 is 0 Å². The lowest BCUT2D eigenvalue weighted by Crippen LogP contribution is -2.49. The third-order valence-electron chi connectivity index (χ3n) is 5.20. The molecule has 0 radical (unpaired) electrons. The molecule has 0 aliphatic rings. The van der Waals surface area contributed by atoms with E-state index in [2.05, 4.69) is 20.3 Å². The number of H-pyrrole nitrogens is 1. The highest BCUT2D eigenvalue weighted by atomic mass is 16.2. The Morgan fingerprint density at radius 1 is 0.882 bits per heavy atom. The van der Waals surface area contributed by atoms with Gasteiger partial charge in [0.05, 0.1) is 12.5 Å². The topological polar surface area (TPSA) is 91.0 Å². The molecule has 2 amide bonds. The molecule has 1 unspecified atom stereocenters. The molecule has 7 nitrogen and oxygen atoms in total. The minimum absolute atomic E-state index is 0.282. The lowest BCUT2D eigenvalue weighted by atomic mass is 10.0. The Bertz CT molecular complexity index is 1230. The van der Waals surface area contributed by atoms with Crippen LogP contribution in [0.5, 0.6) is 0 Å². The van der Waals surface area contributed by atoms with Crippen LogP contribution in [0.4, 0.5) is 5.69 Å². The Morgan fingerprint density at radius 2 is 1.59 bits per heavy atom. The molecule has 0 aliphatic heterocycles. The van der Waals surface area contributed by atoms with E-state index in [4.69, 9.17) is 0 Å². The molecule has 7 heteroatoms. The summed E-state index contributed by atoms with van der Waals surface area (Å²) < 4.78 is 0. The monoisotopic (exact) mass is 453 g/mol. The van der Waals surface area contributed by atoms with Gasteiger partial charge in [-0.25, -0.2) is 4.98 Å². The summed E-state index contributed by atoms with van der Waals surface area (Å²) in [5.74, 6) is -0.677. The van der Waals surface area contributed by atoms with Crippen LogP contribution >= 0.6 is 0 Å². The van der Waals surface area contributed by atoms with Gasteiger partial charge in [-0.3, -0.25) is 19.5 Å². The minimum atomic E-state index is -0.939. The second kappa shape index (κ2) is 9.70. The number of benzene rings is 2. The average molecular weight is 454 g/mol. The largest absolute Gasteiger partial charge is 0.349 e. The van der Waals surface area contributed by atoms with Crippen LogP contribution < -0.4 is 10.2 Å². The SMILES string of the molecule is CC(C)(C)NC(=O)C(c1cccnc1)N(C(=O)c1cnc[nH]1)c1ccc(-c2ccccc2)cc1. The zero-order valence-electron chi connectivity index (χ0n) is 19.4. The lowest BCUT2D eigenvalue weighted by molar-refractivity contribution is -0.123. The zero-order valence-corrected chi connectivity index (χ0v) is 19.4. The predicted octanol–water partition coefficient (Wildman–Crippen LogP) is 4.77. The smallest absolute Gasteiger partial charge is 0.277 e. The van der Waals surface area contributed by atoms with Crippen molar-refractivity contribution in [1.82, 2.24) is 20.3 Å². The summed E-state index contributed by atoms with van der Waals surface area (Å²) in [6, 6.07) is 20.2. The fourth-order valence-electron chi connectivity index (χ4n) is 3.72. The molecule has 2 aromatic heterocycles. The van der Waals surface area contributed by atoms with Crippen molar-refractivity contribution in [2.75, 3.05) is 4.90 Å². The molecule has 0 saturated carbocycles. The van der Waals surface area contributed by atoms with Gasteiger partial charge in [-0.1, -0.05) is 48.5 Å². The zero-order chi connectivity index (χ0) is 24.1. The molecule has 172 valence electrons. The number of pyridine rings is 1. The average Bonchev–Trinajstić information content (AvgIpc) is 3.37. The molecule has 0 fully saturated rings. The standard InChI is InChI=1S/C27H27N5O2/c1-27(2,3)31-25(33)24(21-10-7-15-28-16-21)32(26(34)23-17-29-18-30-23)22-13-11-20(12-14-22)19-8-5-4-6-9-19/h4-18,24H,1-3H3,(H,29,30)(H,31,33). The maximum absolute atomic E-state index is 13.7. The minimum Gasteiger partial charge on any atom is -0.349 e. The van der Waals surface area contributed by atoms with Gasteiger partial charge in [0.1, 0.15) is 11.7 Å². The second-order valence-electron chi connectivity index (χ2n) is 8.98. The molecule has 34 heavy (non-hydrogen) atoms. The highest BCUT2D eigenvalue weighted by Crippen LogP contribution is 2.31. The van der Waals surface area contributed by atoms with Gasteiger partial charge in [-0.15, -0.1) is 0 Å². The predicted molar refractivity (Wildman–Crippen MR) is 132 cm³/mol. The highest BCUT2D eigenvalue weighted by molar-refractivity contribution is 6.09. The van der Waals surface area contributed by atoms with Crippen molar-refractivity contribution < 1.29 is 9.59 Å². The van der Waals surface area contributed by atoms with Crippen molar-refractivity contribution in [2.24, 2.45) is 0 Å². The Balaban J connectivity index is 1.82. The summed E-state index contributed by atoms with van der Waals surface area (Å²) in [4.78, 5) is 39.8. The van der Waals surface area contributed by atoms with E-state index in [9.17, 15) is 9.59 Å². The van der Waals surface area contributed by atoms with Gasteiger partial charge < -0.3 is 10.3 Å². The summed E-state index contributed by atoms with van der Waals surface area (Å²) in [5, 5.41) is 3.02. The first kappa shape index (κ1) is 22.9. The Morgan fingerprint density at radius 3 is 2.18 bits per heavy atom. The van der Waals surface area contributed by atoms with Crippen LogP contribution in [-0.4, -0.2) is 32.3 Å². The van der Waals surface area contributed by atoms with Crippen LogP contribution in [-0.2, 0) is 4.79 Å². The fraction of sp³-hybridized carbons (Fsp3) is 0.185. The van der Waals surface area contributed by atoms with E-state index < -0.39 is 11.6 Å². The number of nitrogens with zero attached hydrogens (tertiary/aromatic N) is 3. The van der Waals surface area contributed by atoms with Gasteiger partial charge in [0.2, 0.25) is 5.91 Å². The number of aromatic nitrogens is 3. The molecule has 2 aromatic carbocycles. The van der Waals surface area contributed by atoms with Crippen molar-refractivity contribution in [3.8, 4) is 11.1 Å². The summed E-state index contributed by atoms with van der Waals surface area (Å²) in [5.41, 5.74) is 3.05. The first-order valence-corrected chi connectivity index (χ1v) is 11.0. The third kappa shape index (κ3) is 5.20. The van der Waals surface area contributed by atoms with E-state index in [0.29, 0.717) is 11.3 Å². The Hall–Kier alpha value is -4.26. The molecule has 2 heterocycles. The number of aromatic amines is 1. The van der Waals surface area contributed by atoms with Crippen LogP contribution in [0.2, 0.25) is 0 Å². The highest BCUT2D eigenvalue weighted by Gasteiger charge is 2.35. The molecule has 4 rings (SSSR count). The lowest BCUT2D eigenvalue weighted by Gasteiger charge is -2.33. The molecule has 4 aromatic rings. The quantitative estimate of drug-likeness (QED) is 0.440. The summed E-state index contributed by atoms with van der Waals surface area (Å²) in [7, 11) is 0. The number of carbonyl (C=O) groups excluding carboxylic acids is 2. The number of imidazole rings is 1. The van der Waals surface area contributed by atoms with Crippen LogP contribution in [0.15, 0.2) is 91.6 Å². The first-order chi connectivity index (χ1) is 16.3. The Kier molecular flexibility index (Phi) is 6.54. The van der Waals surface area contributed by atoms with Crippen LogP contribution in [0.1, 0.15) is 42.9 Å². The first-order valence-electron chi connectivity index (χ1n) is 11.0. The maximum atomic E-state index is 13.7. The Labute approximate surface area is 198 Å². The van der Waals surface area contributed by atoms with E-state index in [1.807, 2.05) is 75.4 Å². The molecule has 1 atom stereocenters. The van der Waals surface area contributed by atoms with E-state index in [-0.39, 0.29) is 17.5 Å². The summed E-state index contributed by atoms with van der Waals surface area (Å²) >= 11 is 0. The number of rotatable bonds is 6. The number of hydrogen-bond donors (Lipinski definition) is 2. The van der Waals surface area contributed by atoms with E-state index in [1.165, 1.54) is 17.4 Å². The fourth-order valence-corrected chi connectivity index (χ4v) is 3.72. The normalized spacial score (nSPS) is 12.1. The van der Waals surface area contributed by atoms with Gasteiger partial charge in [-0.05, 0) is 50.1 Å². The molecule has 0 saturated heterocycles. The molecule has 0 spiro atoms. The van der Waals surface area contributed by atoms with Crippen LogP contribution in [0, 0.1) is 0 Å². The number of amides is 2. The number of hydrogen-bond acceptors (Lipinski definition) is 4. The molecule has 0 bridgehead atoms. The van der Waals surface area contributed by atoms with Gasteiger partial charge in [0, 0.05) is 29.2 Å². The van der Waals surface area contributed by atoms with Gasteiger partial charge in [-0.2, -0.15) is 0 Å². The molecule has 0 aliphatic carbocycles. The van der Waals surface area contributed by atoms with E-state index in [1.54, 1.807) is 24.5 Å². The van der Waals surface area contributed by atoms with Crippen molar-refractivity contribution >= 4 is 17.5 Å². The second-order valence-corrected chi connectivity index (χ2v) is 8.98.